The van der Waals surface area contributed by atoms with Gasteiger partial charge in [-0.3, -0.25) is 0 Å². The van der Waals surface area contributed by atoms with Crippen LogP contribution < -0.4 is 5.73 Å². The fourth-order valence-corrected chi connectivity index (χ4v) is 2.50. The third-order valence-electron chi connectivity index (χ3n) is 2.12. The molecule has 0 spiro atoms. The fourth-order valence-electron chi connectivity index (χ4n) is 1.17. The molecule has 1 rings (SSSR count). The maximum Gasteiger partial charge on any atom is 0.338 e. The van der Waals surface area contributed by atoms with E-state index < -0.39 is 11.6 Å². The number of aliphatic hydroxyl groups is 1. The second kappa shape index (κ2) is 5.62. The molecule has 0 saturated heterocycles. The number of nitrogens with two attached hydrogens (primary N) is 1. The number of thioether (sulfide) groups is 1. The van der Waals surface area contributed by atoms with E-state index >= 15 is 0 Å². The minimum Gasteiger partial charge on any atom is -0.467 e. The zero-order chi connectivity index (χ0) is 13.1. The van der Waals surface area contributed by atoms with Crippen LogP contribution in [0.5, 0.6) is 0 Å². The van der Waals surface area contributed by atoms with Crippen LogP contribution in [0.25, 0.3) is 0 Å². The molecule has 0 aliphatic rings. The topological polar surface area (TPSA) is 72.5 Å². The molecule has 1 aromatic carbocycles. The summed E-state index contributed by atoms with van der Waals surface area (Å²) in [5.41, 5.74) is 4.71. The fraction of sp³-hybridized carbons (Fsp3) is 0.364. The molecule has 0 radical (unpaired) electrons. The number of methoxy groups -OCH3 is 1. The normalized spacial score (nSPS) is 14.1. The van der Waals surface area contributed by atoms with Gasteiger partial charge in [0, 0.05) is 16.3 Å². The Morgan fingerprint density at radius 2 is 2.29 bits per heavy atom. The lowest BCUT2D eigenvalue weighted by atomic mass is 10.1. The molecule has 17 heavy (non-hydrogen) atoms. The van der Waals surface area contributed by atoms with Crippen LogP contribution in [0.3, 0.4) is 0 Å². The number of carbonyl (C=O) groups is 1. The van der Waals surface area contributed by atoms with E-state index in [0.29, 0.717) is 15.6 Å². The van der Waals surface area contributed by atoms with E-state index in [2.05, 4.69) is 4.74 Å². The van der Waals surface area contributed by atoms with Crippen molar-refractivity contribution < 1.29 is 14.6 Å². The molecule has 3 N–H and O–H groups in total. The molecule has 1 aromatic rings. The Hall–Kier alpha value is -0.910. The zero-order valence-corrected chi connectivity index (χ0v) is 11.1. The van der Waals surface area contributed by atoms with Gasteiger partial charge in [-0.2, -0.15) is 0 Å². The van der Waals surface area contributed by atoms with Crippen molar-refractivity contribution in [3.8, 4) is 0 Å². The predicted octanol–water partition coefficient (Wildman–Crippen LogP) is 1.94. The first-order valence-corrected chi connectivity index (χ1v) is 6.22. The number of ether oxygens (including phenoxy) is 1. The standard InChI is InChI=1S/C11H14ClNO3S/c1-11(15,10(14)16-2)6-17-9-7(12)4-3-5-8(9)13/h3-5,15H,6,13H2,1-2H3. The smallest absolute Gasteiger partial charge is 0.338 e. The first-order chi connectivity index (χ1) is 7.88. The lowest BCUT2D eigenvalue weighted by molar-refractivity contribution is -0.158. The summed E-state index contributed by atoms with van der Waals surface area (Å²) in [6, 6.07) is 5.15. The molecular formula is C11H14ClNO3S. The highest BCUT2D eigenvalue weighted by Crippen LogP contribution is 2.34. The van der Waals surface area contributed by atoms with E-state index in [1.807, 2.05) is 0 Å². The Balaban J connectivity index is 2.77. The van der Waals surface area contributed by atoms with Gasteiger partial charge in [-0.25, -0.2) is 4.79 Å². The number of anilines is 1. The van der Waals surface area contributed by atoms with Gasteiger partial charge < -0.3 is 15.6 Å². The summed E-state index contributed by atoms with van der Waals surface area (Å²) < 4.78 is 4.50. The van der Waals surface area contributed by atoms with Crippen molar-refractivity contribution in [1.82, 2.24) is 0 Å². The zero-order valence-electron chi connectivity index (χ0n) is 9.57. The van der Waals surface area contributed by atoms with Crippen molar-refractivity contribution in [3.63, 3.8) is 0 Å². The third kappa shape index (κ3) is 3.52. The van der Waals surface area contributed by atoms with Crippen LogP contribution in [0.4, 0.5) is 5.69 Å². The van der Waals surface area contributed by atoms with Crippen molar-refractivity contribution >= 4 is 35.0 Å². The molecule has 1 atom stereocenters. The van der Waals surface area contributed by atoms with Crippen molar-refractivity contribution in [2.75, 3.05) is 18.6 Å². The maximum absolute atomic E-state index is 11.3. The molecule has 0 heterocycles. The molecule has 0 aliphatic carbocycles. The number of carbonyl (C=O) groups excluding carboxylic acids is 1. The van der Waals surface area contributed by atoms with Crippen LogP contribution >= 0.6 is 23.4 Å². The average molecular weight is 276 g/mol. The molecule has 1 unspecified atom stereocenters. The molecule has 4 nitrogen and oxygen atoms in total. The van der Waals surface area contributed by atoms with Crippen molar-refractivity contribution in [3.05, 3.63) is 23.2 Å². The number of rotatable bonds is 4. The SMILES string of the molecule is COC(=O)C(C)(O)CSc1c(N)cccc1Cl. The average Bonchev–Trinajstić information content (AvgIpc) is 2.27. The highest BCUT2D eigenvalue weighted by Gasteiger charge is 2.31. The van der Waals surface area contributed by atoms with Gasteiger partial charge in [-0.1, -0.05) is 17.7 Å². The Morgan fingerprint density at radius 3 is 2.82 bits per heavy atom. The van der Waals surface area contributed by atoms with Gasteiger partial charge in [0.1, 0.15) is 0 Å². The van der Waals surface area contributed by atoms with E-state index in [0.717, 1.165) is 0 Å². The van der Waals surface area contributed by atoms with Crippen LogP contribution in [0.2, 0.25) is 5.02 Å². The minimum atomic E-state index is -1.56. The Kier molecular flexibility index (Phi) is 4.68. The Morgan fingerprint density at radius 1 is 1.65 bits per heavy atom. The quantitative estimate of drug-likeness (QED) is 0.499. The van der Waals surface area contributed by atoms with Gasteiger partial charge in [-0.15, -0.1) is 11.8 Å². The third-order valence-corrected chi connectivity index (χ3v) is 4.00. The number of halogens is 1. The first-order valence-electron chi connectivity index (χ1n) is 4.86. The van der Waals surface area contributed by atoms with E-state index in [-0.39, 0.29) is 5.75 Å². The van der Waals surface area contributed by atoms with Gasteiger partial charge in [-0.05, 0) is 19.1 Å². The van der Waals surface area contributed by atoms with Crippen molar-refractivity contribution in [1.29, 1.82) is 0 Å². The number of benzene rings is 1. The van der Waals surface area contributed by atoms with Crippen molar-refractivity contribution in [2.45, 2.75) is 17.4 Å². The van der Waals surface area contributed by atoms with Crippen LogP contribution in [-0.4, -0.2) is 29.5 Å². The van der Waals surface area contributed by atoms with Gasteiger partial charge in [0.15, 0.2) is 5.60 Å². The molecule has 0 aromatic heterocycles. The van der Waals surface area contributed by atoms with Crippen LogP contribution in [0.15, 0.2) is 23.1 Å². The van der Waals surface area contributed by atoms with Crippen LogP contribution in [0.1, 0.15) is 6.92 Å². The summed E-state index contributed by atoms with van der Waals surface area (Å²) in [6.07, 6.45) is 0. The lowest BCUT2D eigenvalue weighted by Gasteiger charge is -2.20. The number of hydrogen-bond acceptors (Lipinski definition) is 5. The van der Waals surface area contributed by atoms with Crippen molar-refractivity contribution in [2.24, 2.45) is 0 Å². The molecule has 0 aliphatic heterocycles. The number of hydrogen-bond donors (Lipinski definition) is 2. The summed E-state index contributed by atoms with van der Waals surface area (Å²) in [7, 11) is 1.23. The lowest BCUT2D eigenvalue weighted by Crippen LogP contribution is -2.38. The monoisotopic (exact) mass is 275 g/mol. The second-order valence-electron chi connectivity index (χ2n) is 3.71. The summed E-state index contributed by atoms with van der Waals surface area (Å²) in [4.78, 5) is 11.9. The molecule has 94 valence electrons. The highest BCUT2D eigenvalue weighted by atomic mass is 35.5. The minimum absolute atomic E-state index is 0.119. The van der Waals surface area contributed by atoms with Gasteiger partial charge >= 0.3 is 5.97 Å². The van der Waals surface area contributed by atoms with Gasteiger partial charge in [0.25, 0.3) is 0 Å². The molecule has 0 amide bonds. The summed E-state index contributed by atoms with van der Waals surface area (Å²) in [5.74, 6) is -0.566. The maximum atomic E-state index is 11.3. The summed E-state index contributed by atoms with van der Waals surface area (Å²) in [5, 5.41) is 10.3. The van der Waals surface area contributed by atoms with Gasteiger partial charge in [0.05, 0.1) is 12.1 Å². The molecule has 0 bridgehead atoms. The largest absolute Gasteiger partial charge is 0.467 e. The molecule has 0 saturated carbocycles. The van der Waals surface area contributed by atoms with Crippen LogP contribution in [0, 0.1) is 0 Å². The number of esters is 1. The van der Waals surface area contributed by atoms with E-state index in [9.17, 15) is 9.90 Å². The first kappa shape index (κ1) is 14.2. The number of nitrogen functional groups attached to an aromatic ring is 1. The van der Waals surface area contributed by atoms with E-state index in [4.69, 9.17) is 17.3 Å². The molecule has 0 fully saturated rings. The second-order valence-corrected chi connectivity index (χ2v) is 5.11. The summed E-state index contributed by atoms with van der Waals surface area (Å²) >= 11 is 7.19. The summed E-state index contributed by atoms with van der Waals surface area (Å²) in [6.45, 7) is 1.39. The van der Waals surface area contributed by atoms with E-state index in [1.54, 1.807) is 18.2 Å². The molecular weight excluding hydrogens is 262 g/mol. The van der Waals surface area contributed by atoms with Crippen LogP contribution in [-0.2, 0) is 9.53 Å². The predicted molar refractivity (Wildman–Crippen MR) is 69.2 cm³/mol. The Labute approximate surface area is 109 Å². The van der Waals surface area contributed by atoms with E-state index in [1.165, 1.54) is 25.8 Å². The van der Waals surface area contributed by atoms with Gasteiger partial charge in [0.2, 0.25) is 0 Å². The Bertz CT molecular complexity index is 403. The molecule has 6 heteroatoms. The highest BCUT2D eigenvalue weighted by molar-refractivity contribution is 7.99.